The Hall–Kier alpha value is -0.520. The number of aliphatic hydroxyl groups excluding tert-OH is 1. The summed E-state index contributed by atoms with van der Waals surface area (Å²) in [7, 11) is 1.68. The minimum atomic E-state index is -0.247. The highest BCUT2D eigenvalue weighted by Crippen LogP contribution is 2.41. The van der Waals surface area contributed by atoms with Crippen LogP contribution in [-0.4, -0.2) is 48.2 Å². The Morgan fingerprint density at radius 2 is 1.96 bits per heavy atom. The summed E-state index contributed by atoms with van der Waals surface area (Å²) in [4.78, 5) is 15.2. The fraction of sp³-hybridized carbons (Fsp3) is 0.632. The molecule has 4 nitrogen and oxygen atoms in total. The molecule has 0 bridgehead atoms. The predicted molar refractivity (Wildman–Crippen MR) is 108 cm³/mol. The van der Waals surface area contributed by atoms with Gasteiger partial charge in [0, 0.05) is 26.2 Å². The zero-order chi connectivity index (χ0) is 18.0. The molecular weight excluding hydrogens is 395 g/mol. The number of hydrogen-bond acceptors (Lipinski definition) is 3. The number of amides is 1. The van der Waals surface area contributed by atoms with E-state index in [1.54, 1.807) is 13.1 Å². The number of nitrogens with zero attached hydrogens (tertiary/aromatic N) is 1. The van der Waals surface area contributed by atoms with Crippen LogP contribution in [0.15, 0.2) is 18.2 Å². The van der Waals surface area contributed by atoms with Gasteiger partial charge >= 0.3 is 0 Å². The topological polar surface area (TPSA) is 52.6 Å². The van der Waals surface area contributed by atoms with Gasteiger partial charge in [-0.05, 0) is 42.9 Å². The number of benzene rings is 1. The molecule has 4 atom stereocenters. The molecule has 2 unspecified atom stereocenters. The van der Waals surface area contributed by atoms with Crippen molar-refractivity contribution in [2.24, 2.45) is 5.92 Å². The molecule has 26 heavy (non-hydrogen) atoms. The number of nitrogens with one attached hydrogen (secondary N) is 1. The number of aliphatic hydroxyl groups is 1. The number of likely N-dealkylation sites (tertiary alicyclic amines) is 1. The van der Waals surface area contributed by atoms with Crippen molar-refractivity contribution in [2.75, 3.05) is 20.1 Å². The zero-order valence-electron chi connectivity index (χ0n) is 15.0. The van der Waals surface area contributed by atoms with Gasteiger partial charge in [0.15, 0.2) is 0 Å². The SMILES string of the molecule is CNC(=O)C(c1ccc(Cl)c(Cl)c1)[C@@H]1CCCC[C@H]1N1CCC(O)C1.Cl. The van der Waals surface area contributed by atoms with Gasteiger partial charge < -0.3 is 10.4 Å². The molecule has 1 aliphatic carbocycles. The van der Waals surface area contributed by atoms with Crippen LogP contribution >= 0.6 is 35.6 Å². The van der Waals surface area contributed by atoms with E-state index >= 15 is 0 Å². The van der Waals surface area contributed by atoms with Crippen molar-refractivity contribution >= 4 is 41.5 Å². The third kappa shape index (κ3) is 4.66. The van der Waals surface area contributed by atoms with Gasteiger partial charge in [-0.1, -0.05) is 42.1 Å². The molecule has 1 heterocycles. The zero-order valence-corrected chi connectivity index (χ0v) is 17.3. The second kappa shape index (κ2) is 9.61. The smallest absolute Gasteiger partial charge is 0.227 e. The molecule has 0 radical (unpaired) electrons. The minimum Gasteiger partial charge on any atom is -0.392 e. The van der Waals surface area contributed by atoms with Crippen LogP contribution in [0.3, 0.4) is 0 Å². The number of halogens is 3. The van der Waals surface area contributed by atoms with Crippen molar-refractivity contribution in [1.82, 2.24) is 10.2 Å². The van der Waals surface area contributed by atoms with Crippen molar-refractivity contribution in [2.45, 2.75) is 50.2 Å². The maximum Gasteiger partial charge on any atom is 0.227 e. The fourth-order valence-corrected chi connectivity index (χ4v) is 4.81. The van der Waals surface area contributed by atoms with E-state index in [0.717, 1.165) is 37.8 Å². The first-order chi connectivity index (χ1) is 12.0. The van der Waals surface area contributed by atoms with E-state index in [1.807, 2.05) is 12.1 Å². The van der Waals surface area contributed by atoms with Gasteiger partial charge in [-0.3, -0.25) is 9.69 Å². The Morgan fingerprint density at radius 3 is 2.58 bits per heavy atom. The summed E-state index contributed by atoms with van der Waals surface area (Å²) in [6, 6.07) is 5.84. The van der Waals surface area contributed by atoms with Crippen LogP contribution in [0, 0.1) is 5.92 Å². The molecule has 1 aromatic carbocycles. The molecule has 3 rings (SSSR count). The number of carbonyl (C=O) groups excluding carboxylic acids is 1. The standard InChI is InChI=1S/C19H26Cl2N2O2.ClH/c1-22-19(25)18(12-6-7-15(20)16(21)10-12)14-4-2-3-5-17(14)23-9-8-13(24)11-23;/h6-7,10,13-14,17-18,24H,2-5,8-9,11H2,1H3,(H,22,25);1H/t13?,14-,17-,18?;/m1./s1. The van der Waals surface area contributed by atoms with E-state index in [0.29, 0.717) is 22.6 Å². The van der Waals surface area contributed by atoms with Crippen LogP contribution in [0.1, 0.15) is 43.6 Å². The first-order valence-electron chi connectivity index (χ1n) is 9.10. The summed E-state index contributed by atoms with van der Waals surface area (Å²) in [5.74, 6) is -0.00548. The first kappa shape index (κ1) is 21.8. The second-order valence-electron chi connectivity index (χ2n) is 7.22. The quantitative estimate of drug-likeness (QED) is 0.776. The number of rotatable bonds is 4. The van der Waals surface area contributed by atoms with Crippen LogP contribution in [0.25, 0.3) is 0 Å². The van der Waals surface area contributed by atoms with Gasteiger partial charge in [0.1, 0.15) is 0 Å². The summed E-state index contributed by atoms with van der Waals surface area (Å²) in [5, 5.41) is 13.8. The summed E-state index contributed by atoms with van der Waals surface area (Å²) in [5.41, 5.74) is 0.922. The summed E-state index contributed by atoms with van der Waals surface area (Å²) >= 11 is 12.3. The van der Waals surface area contributed by atoms with Crippen LogP contribution in [0.4, 0.5) is 0 Å². The molecule has 2 aliphatic rings. The third-order valence-electron chi connectivity index (χ3n) is 5.71. The van der Waals surface area contributed by atoms with Gasteiger partial charge in [0.2, 0.25) is 5.91 Å². The predicted octanol–water partition coefficient (Wildman–Crippen LogP) is 3.87. The molecular formula is C19H27Cl3N2O2. The number of likely N-dealkylation sites (N-methyl/N-ethyl adjacent to an activating group) is 1. The Labute approximate surface area is 171 Å². The highest BCUT2D eigenvalue weighted by molar-refractivity contribution is 6.42. The lowest BCUT2D eigenvalue weighted by Gasteiger charge is -2.41. The van der Waals surface area contributed by atoms with Crippen molar-refractivity contribution in [3.8, 4) is 0 Å². The molecule has 0 spiro atoms. The number of carbonyl (C=O) groups is 1. The number of hydrogen-bond donors (Lipinski definition) is 2. The highest BCUT2D eigenvalue weighted by Gasteiger charge is 2.41. The fourth-order valence-electron chi connectivity index (χ4n) is 4.51. The van der Waals surface area contributed by atoms with E-state index in [4.69, 9.17) is 23.2 Å². The Kier molecular flexibility index (Phi) is 8.05. The van der Waals surface area contributed by atoms with Gasteiger partial charge in [-0.15, -0.1) is 12.4 Å². The van der Waals surface area contributed by atoms with E-state index in [-0.39, 0.29) is 36.3 Å². The molecule has 1 amide bonds. The normalized spacial score (nSPS) is 27.6. The van der Waals surface area contributed by atoms with Gasteiger partial charge in [0.25, 0.3) is 0 Å². The van der Waals surface area contributed by atoms with E-state index in [2.05, 4.69) is 10.2 Å². The third-order valence-corrected chi connectivity index (χ3v) is 6.44. The summed E-state index contributed by atoms with van der Waals surface area (Å²) < 4.78 is 0. The monoisotopic (exact) mass is 420 g/mol. The molecule has 146 valence electrons. The molecule has 1 aromatic rings. The Bertz CT molecular complexity index is 629. The van der Waals surface area contributed by atoms with E-state index in [9.17, 15) is 9.90 Å². The molecule has 7 heteroatoms. The summed E-state index contributed by atoms with van der Waals surface area (Å²) in [6.45, 7) is 1.62. The summed E-state index contributed by atoms with van der Waals surface area (Å²) in [6.07, 6.45) is 4.97. The second-order valence-corrected chi connectivity index (χ2v) is 8.03. The van der Waals surface area contributed by atoms with Crippen LogP contribution in [0.2, 0.25) is 10.0 Å². The van der Waals surface area contributed by atoms with Crippen molar-refractivity contribution < 1.29 is 9.90 Å². The average Bonchev–Trinajstić information content (AvgIpc) is 3.05. The Balaban J connectivity index is 0.00000243. The van der Waals surface area contributed by atoms with Crippen LogP contribution < -0.4 is 5.32 Å². The van der Waals surface area contributed by atoms with Gasteiger partial charge in [-0.25, -0.2) is 0 Å². The lowest BCUT2D eigenvalue weighted by atomic mass is 9.72. The maximum atomic E-state index is 12.8. The maximum absolute atomic E-state index is 12.8. The lowest BCUT2D eigenvalue weighted by molar-refractivity contribution is -0.124. The molecule has 1 aliphatic heterocycles. The van der Waals surface area contributed by atoms with Crippen LogP contribution in [0.5, 0.6) is 0 Å². The van der Waals surface area contributed by atoms with E-state index in [1.165, 1.54) is 6.42 Å². The Morgan fingerprint density at radius 1 is 1.23 bits per heavy atom. The largest absolute Gasteiger partial charge is 0.392 e. The van der Waals surface area contributed by atoms with E-state index < -0.39 is 0 Å². The van der Waals surface area contributed by atoms with Crippen LogP contribution in [-0.2, 0) is 4.79 Å². The molecule has 2 fully saturated rings. The highest BCUT2D eigenvalue weighted by atomic mass is 35.5. The lowest BCUT2D eigenvalue weighted by Crippen LogP contribution is -2.46. The first-order valence-corrected chi connectivity index (χ1v) is 9.85. The molecule has 2 N–H and O–H groups in total. The molecule has 1 saturated carbocycles. The number of β-amino-alcohol motifs (C(OH)–C–C–N with tert-alkyl or cyclic N) is 1. The molecule has 0 aromatic heterocycles. The average molecular weight is 422 g/mol. The van der Waals surface area contributed by atoms with Gasteiger partial charge in [0.05, 0.1) is 22.1 Å². The minimum absolute atomic E-state index is 0. The molecule has 1 saturated heterocycles. The van der Waals surface area contributed by atoms with Crippen molar-refractivity contribution in [3.63, 3.8) is 0 Å². The van der Waals surface area contributed by atoms with Gasteiger partial charge in [-0.2, -0.15) is 0 Å². The van der Waals surface area contributed by atoms with Crippen molar-refractivity contribution in [1.29, 1.82) is 0 Å². The van der Waals surface area contributed by atoms with Crippen molar-refractivity contribution in [3.05, 3.63) is 33.8 Å².